The minimum absolute atomic E-state index is 0.239. The Labute approximate surface area is 517 Å². The van der Waals surface area contributed by atoms with Crippen molar-refractivity contribution < 1.29 is 89.4 Å². The van der Waals surface area contributed by atoms with Crippen molar-refractivity contribution in [1.29, 1.82) is 0 Å². The molecule has 3 aliphatic heterocycles. The highest BCUT2D eigenvalue weighted by Gasteiger charge is 2.53. The van der Waals surface area contributed by atoms with E-state index in [1.807, 2.05) is 6.08 Å². The van der Waals surface area contributed by atoms with E-state index >= 15 is 0 Å². The summed E-state index contributed by atoms with van der Waals surface area (Å²) in [6.07, 6.45) is 29.7. The third kappa shape index (κ3) is 31.8. The van der Waals surface area contributed by atoms with Crippen LogP contribution in [0.5, 0.6) is 0 Å². The molecule has 0 bridgehead atoms. The number of rotatable bonds is 52. The van der Waals surface area contributed by atoms with Crippen LogP contribution in [0.15, 0.2) is 36.5 Å². The monoisotopic (exact) mass is 1230 g/mol. The lowest BCUT2D eigenvalue weighted by Crippen LogP contribution is -2.66. The smallest absolute Gasteiger partial charge is 0.220 e. The highest BCUT2D eigenvalue weighted by Crippen LogP contribution is 2.33. The number of aliphatic hydroxyl groups excluding tert-OH is 11. The Balaban J connectivity index is 1.46. The van der Waals surface area contributed by atoms with Gasteiger partial charge in [-0.05, 0) is 51.4 Å². The van der Waals surface area contributed by atoms with Crippen molar-refractivity contribution in [3.05, 3.63) is 36.5 Å². The third-order valence-electron chi connectivity index (χ3n) is 17.2. The molecule has 17 atom stereocenters. The first-order valence-corrected chi connectivity index (χ1v) is 34.2. The molecule has 19 heteroatoms. The molecule has 86 heavy (non-hydrogen) atoms. The number of nitrogens with one attached hydrogen (secondary N) is 1. The summed E-state index contributed by atoms with van der Waals surface area (Å²) in [5, 5.41) is 120. The molecule has 17 unspecified atom stereocenters. The first kappa shape index (κ1) is 78.3. The number of carbonyl (C=O) groups excluding carboxylic acids is 1. The molecule has 3 fully saturated rings. The first-order chi connectivity index (χ1) is 41.8. The number of allylic oxidation sites excluding steroid dienone is 5. The van der Waals surface area contributed by atoms with E-state index in [1.165, 1.54) is 161 Å². The van der Waals surface area contributed by atoms with E-state index in [9.17, 15) is 61.0 Å². The molecule has 3 heterocycles. The fourth-order valence-corrected chi connectivity index (χ4v) is 11.6. The van der Waals surface area contributed by atoms with Crippen LogP contribution in [0.2, 0.25) is 0 Å². The highest BCUT2D eigenvalue weighted by atomic mass is 16.8. The molecular weight excluding hydrogens is 1110 g/mol. The van der Waals surface area contributed by atoms with Gasteiger partial charge in [-0.1, -0.05) is 230 Å². The Morgan fingerprint density at radius 3 is 1.21 bits per heavy atom. The molecule has 12 N–H and O–H groups in total. The van der Waals surface area contributed by atoms with Crippen molar-refractivity contribution in [3.63, 3.8) is 0 Å². The Morgan fingerprint density at radius 1 is 0.419 bits per heavy atom. The second-order valence-electron chi connectivity index (χ2n) is 24.6. The van der Waals surface area contributed by atoms with Crippen LogP contribution in [0.25, 0.3) is 0 Å². The summed E-state index contributed by atoms with van der Waals surface area (Å²) in [6.45, 7) is 1.72. The SMILES string of the molecule is CCCCC/C=C\C/C=C\CCCCCCCCCCCC(=O)NC(COC1OC(CO)C(OC2OC(CO)C(OC3OC(CO)C(O)C(O)C3O)C(O)C2O)C(O)C1O)C(O)/C=C/CCCCCCCCCCCCCCCCCCCCCC. The van der Waals surface area contributed by atoms with E-state index < -0.39 is 124 Å². The van der Waals surface area contributed by atoms with Gasteiger partial charge < -0.3 is 89.9 Å². The predicted octanol–water partition coefficient (Wildman–Crippen LogP) is 8.44. The molecule has 19 nitrogen and oxygen atoms in total. The Morgan fingerprint density at radius 2 is 0.767 bits per heavy atom. The molecule has 3 aliphatic rings. The molecule has 1 amide bonds. The standard InChI is InChI=1S/C67H123NO18/c1-3-5-7-9-11-13-15-17-19-21-23-24-25-27-28-30-32-34-36-38-40-42-44-51(72)50(68-55(73)45-43-41-39-37-35-33-31-29-26-22-20-18-16-14-12-10-8-6-4-2)49-81-65-61(79)58(76)63(53(47-70)83-65)86-67-62(80)59(77)64(54(48-71)84-67)85-66-60(78)57(75)56(74)52(46-69)82-66/h12,14,18,20,42,44,50-54,56-67,69-72,74-80H,3-11,13,15-17,19,21-41,43,45-49H2,1-2H3,(H,68,73)/b14-12-,20-18-,44-42+. The normalized spacial score (nSPS) is 29.0. The lowest BCUT2D eigenvalue weighted by Gasteiger charge is -2.48. The predicted molar refractivity (Wildman–Crippen MR) is 333 cm³/mol. The largest absolute Gasteiger partial charge is 0.394 e. The van der Waals surface area contributed by atoms with Gasteiger partial charge in [-0.25, -0.2) is 0 Å². The fraction of sp³-hybridized carbons (Fsp3) is 0.896. The second-order valence-corrected chi connectivity index (χ2v) is 24.6. The van der Waals surface area contributed by atoms with E-state index in [-0.39, 0.29) is 18.9 Å². The summed E-state index contributed by atoms with van der Waals surface area (Å²) in [5.41, 5.74) is 0. The molecule has 0 aromatic rings. The third-order valence-corrected chi connectivity index (χ3v) is 17.2. The van der Waals surface area contributed by atoms with Gasteiger partial charge in [-0.3, -0.25) is 4.79 Å². The van der Waals surface area contributed by atoms with Crippen LogP contribution in [0.1, 0.15) is 251 Å². The summed E-state index contributed by atoms with van der Waals surface area (Å²) < 4.78 is 34.3. The minimum atomic E-state index is -1.98. The number of unbranched alkanes of at least 4 members (excludes halogenated alkanes) is 32. The van der Waals surface area contributed by atoms with E-state index in [1.54, 1.807) is 6.08 Å². The Kier molecular flexibility index (Phi) is 45.2. The quantitative estimate of drug-likeness (QED) is 0.0201. The highest BCUT2D eigenvalue weighted by molar-refractivity contribution is 5.76. The maximum atomic E-state index is 13.4. The number of aliphatic hydroxyl groups is 11. The van der Waals surface area contributed by atoms with Crippen LogP contribution in [-0.2, 0) is 33.2 Å². The van der Waals surface area contributed by atoms with Gasteiger partial charge >= 0.3 is 0 Å². The van der Waals surface area contributed by atoms with Crippen molar-refractivity contribution in [2.45, 2.75) is 356 Å². The van der Waals surface area contributed by atoms with Crippen LogP contribution >= 0.6 is 0 Å². The minimum Gasteiger partial charge on any atom is -0.394 e. The zero-order valence-corrected chi connectivity index (χ0v) is 53.0. The second kappa shape index (κ2) is 49.7. The number of amides is 1. The summed E-state index contributed by atoms with van der Waals surface area (Å²) >= 11 is 0. The van der Waals surface area contributed by atoms with Crippen molar-refractivity contribution in [2.24, 2.45) is 0 Å². The topological polar surface area (TPSA) is 307 Å². The lowest BCUT2D eigenvalue weighted by molar-refractivity contribution is -0.379. The molecule has 3 saturated heterocycles. The molecule has 0 spiro atoms. The van der Waals surface area contributed by atoms with Gasteiger partial charge in [0.25, 0.3) is 0 Å². The maximum Gasteiger partial charge on any atom is 0.220 e. The number of hydrogen-bond donors (Lipinski definition) is 12. The van der Waals surface area contributed by atoms with E-state index in [2.05, 4.69) is 43.5 Å². The summed E-state index contributed by atoms with van der Waals surface area (Å²) in [6, 6.07) is -0.975. The maximum absolute atomic E-state index is 13.4. The van der Waals surface area contributed by atoms with Crippen molar-refractivity contribution >= 4 is 5.91 Å². The number of hydrogen-bond acceptors (Lipinski definition) is 18. The molecular formula is C67H123NO18. The van der Waals surface area contributed by atoms with Crippen molar-refractivity contribution in [1.82, 2.24) is 5.32 Å². The molecule has 0 aliphatic carbocycles. The van der Waals surface area contributed by atoms with Crippen LogP contribution < -0.4 is 5.32 Å². The van der Waals surface area contributed by atoms with Crippen molar-refractivity contribution in [2.75, 3.05) is 26.4 Å². The van der Waals surface area contributed by atoms with E-state index in [0.717, 1.165) is 64.2 Å². The molecule has 0 aromatic heterocycles. The molecule has 0 radical (unpaired) electrons. The van der Waals surface area contributed by atoms with Gasteiger partial charge in [0.05, 0.1) is 38.6 Å². The van der Waals surface area contributed by atoms with Crippen LogP contribution in [0.4, 0.5) is 0 Å². The molecule has 0 aromatic carbocycles. The number of carbonyl (C=O) groups is 1. The zero-order chi connectivity index (χ0) is 62.6. The van der Waals surface area contributed by atoms with Gasteiger partial charge in [0.15, 0.2) is 18.9 Å². The Bertz CT molecular complexity index is 1710. The van der Waals surface area contributed by atoms with Gasteiger partial charge in [-0.15, -0.1) is 0 Å². The molecule has 0 saturated carbocycles. The average molecular weight is 1230 g/mol. The molecule has 504 valence electrons. The van der Waals surface area contributed by atoms with Crippen LogP contribution in [-0.4, -0.2) is 193 Å². The summed E-state index contributed by atoms with van der Waals surface area (Å²) in [4.78, 5) is 13.4. The summed E-state index contributed by atoms with van der Waals surface area (Å²) in [7, 11) is 0. The Hall–Kier alpha value is -1.99. The van der Waals surface area contributed by atoms with Crippen LogP contribution in [0, 0.1) is 0 Å². The van der Waals surface area contributed by atoms with Crippen LogP contribution in [0.3, 0.4) is 0 Å². The summed E-state index contributed by atoms with van der Waals surface area (Å²) in [5.74, 6) is -0.278. The van der Waals surface area contributed by atoms with Gasteiger partial charge in [0, 0.05) is 6.42 Å². The zero-order valence-electron chi connectivity index (χ0n) is 53.0. The molecule has 3 rings (SSSR count). The van der Waals surface area contributed by atoms with E-state index in [4.69, 9.17) is 28.4 Å². The fourth-order valence-electron chi connectivity index (χ4n) is 11.6. The van der Waals surface area contributed by atoms with Gasteiger partial charge in [0.2, 0.25) is 5.91 Å². The average Bonchev–Trinajstić information content (AvgIpc) is 2.80. The van der Waals surface area contributed by atoms with E-state index in [0.29, 0.717) is 6.42 Å². The van der Waals surface area contributed by atoms with Crippen molar-refractivity contribution in [3.8, 4) is 0 Å². The lowest BCUT2D eigenvalue weighted by atomic mass is 9.96. The van der Waals surface area contributed by atoms with Gasteiger partial charge in [0.1, 0.15) is 73.2 Å². The number of ether oxygens (including phenoxy) is 6. The first-order valence-electron chi connectivity index (χ1n) is 34.2. The van der Waals surface area contributed by atoms with Gasteiger partial charge in [-0.2, -0.15) is 0 Å².